The summed E-state index contributed by atoms with van der Waals surface area (Å²) in [4.78, 5) is 14.2. The molecule has 6 aromatic rings. The number of rotatable bonds is 2. The fourth-order valence-corrected chi connectivity index (χ4v) is 6.07. The van der Waals surface area contributed by atoms with Crippen LogP contribution in [-0.2, 0) is 0 Å². The van der Waals surface area contributed by atoms with Crippen molar-refractivity contribution in [1.82, 2.24) is 19.9 Å². The number of phenolic OH excluding ortho intramolecular Hbond substituents is 2. The zero-order valence-corrected chi connectivity index (χ0v) is 24.1. The van der Waals surface area contributed by atoms with Gasteiger partial charge in [-0.3, -0.25) is 0 Å². The maximum atomic E-state index is 10.3. The van der Waals surface area contributed by atoms with Crippen molar-refractivity contribution in [1.29, 1.82) is 0 Å². The summed E-state index contributed by atoms with van der Waals surface area (Å²) in [5.74, 6) is 0.385. The molecule has 7 rings (SSSR count). The standard InChI is InChI=1S/C32H22Br2N4O2/c33-25-7-5-21(39)15-23(25)31-27-9-1-17(35-27)13-18-2-10-29(36-18)32(24-16-22(40)6-8-26(24)34)30-12-4-20(38-30)14-19-3-11-28(31)37-19/h1-16,35-40H. The van der Waals surface area contributed by atoms with Gasteiger partial charge in [-0.05, 0) is 97.1 Å². The third kappa shape index (κ3) is 4.45. The SMILES string of the molecule is Oc1ccc(Br)c(C2=c3ccc([nH]3)=Cc3ccc([nH]3)C(c3cc(O)ccc3Br)=c3ccc([nH]3)=Cc3ccc2[nH]3)c1. The molecule has 0 spiro atoms. The molecule has 0 atom stereocenters. The van der Waals surface area contributed by atoms with Crippen LogP contribution in [0.2, 0.25) is 0 Å². The summed E-state index contributed by atoms with van der Waals surface area (Å²) in [6, 6.07) is 26.9. The average molecular weight is 654 g/mol. The summed E-state index contributed by atoms with van der Waals surface area (Å²) in [7, 11) is 0. The highest BCUT2D eigenvalue weighted by molar-refractivity contribution is 9.10. The van der Waals surface area contributed by atoms with E-state index < -0.39 is 0 Å². The first kappa shape index (κ1) is 24.6. The Bertz CT molecular complexity index is 2020. The largest absolute Gasteiger partial charge is 0.508 e. The third-order valence-electron chi connectivity index (χ3n) is 6.97. The molecule has 0 unspecified atom stereocenters. The van der Waals surface area contributed by atoms with Crippen LogP contribution in [0.15, 0.2) is 93.9 Å². The minimum absolute atomic E-state index is 0.192. The molecule has 2 aromatic carbocycles. The van der Waals surface area contributed by atoms with E-state index in [9.17, 15) is 10.2 Å². The second-order valence-corrected chi connectivity index (χ2v) is 11.4. The molecule has 8 heteroatoms. The number of halogens is 2. The van der Waals surface area contributed by atoms with Gasteiger partial charge < -0.3 is 30.1 Å². The smallest absolute Gasteiger partial charge is 0.116 e. The molecule has 40 heavy (non-hydrogen) atoms. The van der Waals surface area contributed by atoms with E-state index in [0.29, 0.717) is 0 Å². The Morgan fingerprint density at radius 3 is 1.38 bits per heavy atom. The van der Waals surface area contributed by atoms with Gasteiger partial charge in [-0.15, -0.1) is 0 Å². The lowest BCUT2D eigenvalue weighted by Gasteiger charge is -2.09. The lowest BCUT2D eigenvalue weighted by atomic mass is 10.0. The van der Waals surface area contributed by atoms with Gasteiger partial charge in [0.15, 0.2) is 0 Å². The van der Waals surface area contributed by atoms with Crippen LogP contribution in [0.1, 0.15) is 33.9 Å². The van der Waals surface area contributed by atoms with Crippen LogP contribution in [-0.4, -0.2) is 30.1 Å². The van der Waals surface area contributed by atoms with E-state index >= 15 is 0 Å². The second-order valence-electron chi connectivity index (χ2n) is 9.68. The van der Waals surface area contributed by atoms with Crippen molar-refractivity contribution in [2.75, 3.05) is 0 Å². The zero-order chi connectivity index (χ0) is 27.4. The number of benzene rings is 2. The Morgan fingerprint density at radius 2 is 0.925 bits per heavy atom. The van der Waals surface area contributed by atoms with Crippen molar-refractivity contribution in [3.63, 3.8) is 0 Å². The molecule has 8 bridgehead atoms. The highest BCUT2D eigenvalue weighted by atomic mass is 79.9. The van der Waals surface area contributed by atoms with E-state index in [1.807, 2.05) is 60.7 Å². The first-order chi connectivity index (χ1) is 19.4. The summed E-state index contributed by atoms with van der Waals surface area (Å²) in [6.45, 7) is 0. The van der Waals surface area contributed by atoms with Crippen molar-refractivity contribution in [2.45, 2.75) is 0 Å². The maximum absolute atomic E-state index is 10.3. The fourth-order valence-electron chi connectivity index (χ4n) is 5.18. The number of aromatic nitrogens is 4. The van der Waals surface area contributed by atoms with E-state index in [4.69, 9.17) is 0 Å². The lowest BCUT2D eigenvalue weighted by Crippen LogP contribution is -2.16. The number of phenols is 2. The number of hydrogen-bond donors (Lipinski definition) is 6. The number of nitrogens with one attached hydrogen (secondary N) is 4. The van der Waals surface area contributed by atoms with Crippen LogP contribution in [0.25, 0.3) is 23.3 Å². The topological polar surface area (TPSA) is 104 Å². The van der Waals surface area contributed by atoms with Gasteiger partial charge >= 0.3 is 0 Å². The average Bonchev–Trinajstić information content (AvgIpc) is 3.74. The number of fused-ring (bicyclic) bond motifs is 8. The highest BCUT2D eigenvalue weighted by Gasteiger charge is 2.16. The van der Waals surface area contributed by atoms with Crippen molar-refractivity contribution in [3.8, 4) is 11.5 Å². The molecule has 0 saturated carbocycles. The molecule has 4 aromatic heterocycles. The van der Waals surface area contributed by atoms with Gasteiger partial charge in [0.1, 0.15) is 11.5 Å². The first-order valence-corrected chi connectivity index (χ1v) is 14.2. The molecular weight excluding hydrogens is 632 g/mol. The molecular formula is C32H22Br2N4O2. The Balaban J connectivity index is 1.54. The molecule has 0 aliphatic carbocycles. The van der Waals surface area contributed by atoms with E-state index in [-0.39, 0.29) is 11.5 Å². The molecule has 0 saturated heterocycles. The van der Waals surface area contributed by atoms with E-state index in [0.717, 1.165) is 75.4 Å². The van der Waals surface area contributed by atoms with Gasteiger partial charge in [-0.2, -0.15) is 0 Å². The lowest BCUT2D eigenvalue weighted by molar-refractivity contribution is 0.474. The van der Waals surface area contributed by atoms with Gasteiger partial charge in [-0.25, -0.2) is 0 Å². The summed E-state index contributed by atoms with van der Waals surface area (Å²) in [6.07, 6.45) is 4.11. The Labute approximate surface area is 245 Å². The monoisotopic (exact) mass is 652 g/mol. The summed E-state index contributed by atoms with van der Waals surface area (Å²) >= 11 is 7.36. The van der Waals surface area contributed by atoms with Crippen LogP contribution in [0, 0.1) is 0 Å². The van der Waals surface area contributed by atoms with Gasteiger partial charge in [-0.1, -0.05) is 31.9 Å². The van der Waals surface area contributed by atoms with Crippen LogP contribution in [0.4, 0.5) is 0 Å². The molecule has 1 aliphatic heterocycles. The zero-order valence-electron chi connectivity index (χ0n) is 20.9. The van der Waals surface area contributed by atoms with E-state index in [2.05, 4.69) is 63.9 Å². The Hall–Kier alpha value is -4.40. The van der Waals surface area contributed by atoms with Crippen molar-refractivity contribution >= 4 is 55.2 Å². The summed E-state index contributed by atoms with van der Waals surface area (Å²) in [5.41, 5.74) is 7.24. The molecule has 6 N–H and O–H groups in total. The third-order valence-corrected chi connectivity index (χ3v) is 8.36. The van der Waals surface area contributed by atoms with Crippen molar-refractivity contribution in [3.05, 3.63) is 149 Å². The number of aromatic amines is 4. The summed E-state index contributed by atoms with van der Waals surface area (Å²) in [5, 5.41) is 24.3. The van der Waals surface area contributed by atoms with Gasteiger partial charge in [0.25, 0.3) is 0 Å². The fraction of sp³-hybridized carbons (Fsp3) is 0. The number of hydrogen-bond acceptors (Lipinski definition) is 2. The first-order valence-electron chi connectivity index (χ1n) is 12.6. The predicted octanol–water partition coefficient (Wildman–Crippen LogP) is 4.40. The number of H-pyrrole nitrogens is 4. The molecule has 0 fully saturated rings. The van der Waals surface area contributed by atoms with E-state index in [1.165, 1.54) is 0 Å². The molecule has 6 nitrogen and oxygen atoms in total. The molecule has 0 radical (unpaired) electrons. The van der Waals surface area contributed by atoms with Gasteiger partial charge in [0, 0.05) is 75.4 Å². The minimum atomic E-state index is 0.192. The quantitative estimate of drug-likeness (QED) is 0.167. The highest BCUT2D eigenvalue weighted by Crippen LogP contribution is 2.32. The molecule has 196 valence electrons. The van der Waals surface area contributed by atoms with Crippen LogP contribution >= 0.6 is 31.9 Å². The normalized spacial score (nSPS) is 12.8. The van der Waals surface area contributed by atoms with Gasteiger partial charge in [0.05, 0.1) is 0 Å². The van der Waals surface area contributed by atoms with Crippen molar-refractivity contribution in [2.24, 2.45) is 0 Å². The van der Waals surface area contributed by atoms with E-state index in [1.54, 1.807) is 24.3 Å². The van der Waals surface area contributed by atoms with Crippen LogP contribution in [0.3, 0.4) is 0 Å². The number of aromatic hydroxyl groups is 2. The maximum Gasteiger partial charge on any atom is 0.116 e. The van der Waals surface area contributed by atoms with Gasteiger partial charge in [0.2, 0.25) is 0 Å². The van der Waals surface area contributed by atoms with Crippen LogP contribution < -0.4 is 21.4 Å². The van der Waals surface area contributed by atoms with Crippen molar-refractivity contribution < 1.29 is 10.2 Å². The Morgan fingerprint density at radius 1 is 0.475 bits per heavy atom. The molecule has 0 amide bonds. The summed E-state index contributed by atoms with van der Waals surface area (Å²) < 4.78 is 1.75. The minimum Gasteiger partial charge on any atom is -0.508 e. The molecule has 1 aliphatic rings. The van der Waals surface area contributed by atoms with Crippen LogP contribution in [0.5, 0.6) is 11.5 Å². The Kier molecular flexibility index (Phi) is 5.95. The predicted molar refractivity (Wildman–Crippen MR) is 164 cm³/mol. The molecule has 5 heterocycles. The second kappa shape index (κ2) is 9.66.